The largest absolute Gasteiger partial charge is 0.463 e. The van der Waals surface area contributed by atoms with E-state index in [2.05, 4.69) is 9.47 Å². The van der Waals surface area contributed by atoms with E-state index in [0.29, 0.717) is 33.0 Å². The number of carbonyl (C=O) groups is 1. The second-order valence-corrected chi connectivity index (χ2v) is 2.60. The van der Waals surface area contributed by atoms with Gasteiger partial charge in [0.05, 0.1) is 33.0 Å². The lowest BCUT2D eigenvalue weighted by Crippen LogP contribution is -2.06. The van der Waals surface area contributed by atoms with Crippen molar-refractivity contribution in [1.29, 1.82) is 0 Å². The number of aliphatic hydroxyl groups is 2. The highest BCUT2D eigenvalue weighted by Crippen LogP contribution is 1.77. The van der Waals surface area contributed by atoms with E-state index in [1.807, 2.05) is 6.92 Å². The second-order valence-electron chi connectivity index (χ2n) is 2.60. The predicted molar refractivity (Wildman–Crippen MR) is 58.1 cm³/mol. The van der Waals surface area contributed by atoms with E-state index in [4.69, 9.17) is 14.9 Å². The molecule has 0 aromatic heterocycles. The van der Waals surface area contributed by atoms with Crippen LogP contribution in [0.3, 0.4) is 0 Å². The highest BCUT2D eigenvalue weighted by molar-refractivity contribution is 5.65. The van der Waals surface area contributed by atoms with Gasteiger partial charge in [0.25, 0.3) is 0 Å². The molecule has 0 aliphatic heterocycles. The minimum atomic E-state index is -0.255. The molecule has 2 N–H and O–H groups in total. The standard InChI is InChI=1S/C6H12O3.C4H10O3/c1-3-8-4-5-9-6(2)7;5-1-3-7-4-2-6/h3-5H2,1-2H3;5-6H,1-4H2. The Hall–Kier alpha value is -0.690. The molecule has 0 radical (unpaired) electrons. The second kappa shape index (κ2) is 16.7. The van der Waals surface area contributed by atoms with Crippen molar-refractivity contribution in [2.75, 3.05) is 46.2 Å². The third-order valence-corrected chi connectivity index (χ3v) is 1.21. The molecule has 0 amide bonds. The van der Waals surface area contributed by atoms with E-state index < -0.39 is 0 Å². The van der Waals surface area contributed by atoms with Gasteiger partial charge in [-0.3, -0.25) is 4.79 Å². The van der Waals surface area contributed by atoms with E-state index >= 15 is 0 Å². The lowest BCUT2D eigenvalue weighted by Gasteiger charge is -1.99. The normalized spacial score (nSPS) is 9.25. The van der Waals surface area contributed by atoms with E-state index in [1.54, 1.807) is 0 Å². The summed E-state index contributed by atoms with van der Waals surface area (Å²) in [4.78, 5) is 10.1. The van der Waals surface area contributed by atoms with Gasteiger partial charge in [-0.2, -0.15) is 0 Å². The van der Waals surface area contributed by atoms with Gasteiger partial charge in [0.15, 0.2) is 0 Å². The summed E-state index contributed by atoms with van der Waals surface area (Å²) >= 11 is 0. The fourth-order valence-corrected chi connectivity index (χ4v) is 0.620. The average Bonchev–Trinajstić information content (AvgIpc) is 2.26. The molecule has 0 spiro atoms. The maximum Gasteiger partial charge on any atom is 0.302 e. The molecule has 0 aliphatic carbocycles. The zero-order valence-electron chi connectivity index (χ0n) is 9.98. The first-order chi connectivity index (χ1) is 7.68. The van der Waals surface area contributed by atoms with E-state index in [9.17, 15) is 4.79 Å². The van der Waals surface area contributed by atoms with Crippen molar-refractivity contribution in [3.8, 4) is 0 Å². The zero-order chi connectivity index (χ0) is 12.6. The Balaban J connectivity index is 0. The first kappa shape index (κ1) is 17.7. The van der Waals surface area contributed by atoms with Crippen molar-refractivity contribution < 1.29 is 29.2 Å². The topological polar surface area (TPSA) is 85.2 Å². The Morgan fingerprint density at radius 3 is 1.94 bits per heavy atom. The van der Waals surface area contributed by atoms with Gasteiger partial charge in [-0.25, -0.2) is 0 Å². The minimum absolute atomic E-state index is 0.0278. The van der Waals surface area contributed by atoms with Crippen LogP contribution in [0.2, 0.25) is 0 Å². The van der Waals surface area contributed by atoms with Crippen LogP contribution in [0.4, 0.5) is 0 Å². The maximum atomic E-state index is 10.1. The molecule has 0 heterocycles. The van der Waals surface area contributed by atoms with Crippen LogP contribution in [0.15, 0.2) is 0 Å². The predicted octanol–water partition coefficient (Wildman–Crippen LogP) is -0.426. The fraction of sp³-hybridized carbons (Fsp3) is 0.900. The minimum Gasteiger partial charge on any atom is -0.463 e. The Bertz CT molecular complexity index is 135. The molecular formula is C10H22O6. The van der Waals surface area contributed by atoms with E-state index in [-0.39, 0.29) is 19.2 Å². The third-order valence-electron chi connectivity index (χ3n) is 1.21. The summed E-state index contributed by atoms with van der Waals surface area (Å²) in [5.74, 6) is -0.255. The van der Waals surface area contributed by atoms with Crippen LogP contribution in [-0.2, 0) is 19.0 Å². The molecule has 0 aromatic carbocycles. The molecule has 0 aromatic rings. The summed E-state index contributed by atoms with van der Waals surface area (Å²) in [5, 5.41) is 16.2. The Morgan fingerprint density at radius 2 is 1.56 bits per heavy atom. The van der Waals surface area contributed by atoms with Crippen LogP contribution >= 0.6 is 0 Å². The fourth-order valence-electron chi connectivity index (χ4n) is 0.620. The van der Waals surface area contributed by atoms with Crippen molar-refractivity contribution in [3.05, 3.63) is 0 Å². The number of carbonyl (C=O) groups excluding carboxylic acids is 1. The van der Waals surface area contributed by atoms with E-state index in [1.165, 1.54) is 6.92 Å². The summed E-state index contributed by atoms with van der Waals surface area (Å²) < 4.78 is 14.1. The van der Waals surface area contributed by atoms with Crippen molar-refractivity contribution in [3.63, 3.8) is 0 Å². The van der Waals surface area contributed by atoms with Gasteiger partial charge in [-0.1, -0.05) is 0 Å². The molecule has 0 saturated heterocycles. The number of hydrogen-bond donors (Lipinski definition) is 2. The van der Waals surface area contributed by atoms with E-state index in [0.717, 1.165) is 0 Å². The van der Waals surface area contributed by atoms with Crippen LogP contribution in [0.1, 0.15) is 13.8 Å². The molecular weight excluding hydrogens is 216 g/mol. The summed E-state index contributed by atoms with van der Waals surface area (Å²) in [6.45, 7) is 5.50. The molecule has 98 valence electrons. The van der Waals surface area contributed by atoms with Gasteiger partial charge in [-0.05, 0) is 6.92 Å². The highest BCUT2D eigenvalue weighted by Gasteiger charge is 1.89. The molecule has 0 saturated carbocycles. The van der Waals surface area contributed by atoms with Crippen molar-refractivity contribution >= 4 is 5.97 Å². The lowest BCUT2D eigenvalue weighted by atomic mass is 10.7. The van der Waals surface area contributed by atoms with Gasteiger partial charge in [-0.15, -0.1) is 0 Å². The first-order valence-electron chi connectivity index (χ1n) is 5.19. The van der Waals surface area contributed by atoms with Gasteiger partial charge >= 0.3 is 5.97 Å². The van der Waals surface area contributed by atoms with Crippen LogP contribution in [-0.4, -0.2) is 62.4 Å². The molecule has 6 heteroatoms. The van der Waals surface area contributed by atoms with Crippen LogP contribution in [0.25, 0.3) is 0 Å². The lowest BCUT2D eigenvalue weighted by molar-refractivity contribution is -0.142. The molecule has 0 bridgehead atoms. The van der Waals surface area contributed by atoms with Gasteiger partial charge < -0.3 is 24.4 Å². The molecule has 0 unspecified atom stereocenters. The number of aliphatic hydroxyl groups excluding tert-OH is 2. The third kappa shape index (κ3) is 23.3. The van der Waals surface area contributed by atoms with Crippen LogP contribution in [0, 0.1) is 0 Å². The molecule has 0 rings (SSSR count). The Morgan fingerprint density at radius 1 is 1.00 bits per heavy atom. The molecule has 6 nitrogen and oxygen atoms in total. The molecule has 0 fully saturated rings. The zero-order valence-corrected chi connectivity index (χ0v) is 9.98. The average molecular weight is 238 g/mol. The SMILES string of the molecule is CCOCCOC(C)=O.OCCOCCO. The van der Waals surface area contributed by atoms with Gasteiger partial charge in [0, 0.05) is 13.5 Å². The molecule has 16 heavy (non-hydrogen) atoms. The summed E-state index contributed by atoms with van der Waals surface area (Å²) in [5.41, 5.74) is 0. The van der Waals surface area contributed by atoms with Crippen LogP contribution in [0.5, 0.6) is 0 Å². The number of ether oxygens (including phenoxy) is 3. The number of rotatable bonds is 8. The van der Waals surface area contributed by atoms with Crippen molar-refractivity contribution in [1.82, 2.24) is 0 Å². The van der Waals surface area contributed by atoms with Crippen molar-refractivity contribution in [2.45, 2.75) is 13.8 Å². The summed E-state index contributed by atoms with van der Waals surface area (Å²) in [7, 11) is 0. The number of hydrogen-bond acceptors (Lipinski definition) is 6. The quantitative estimate of drug-likeness (QED) is 0.441. The summed E-state index contributed by atoms with van der Waals surface area (Å²) in [6, 6.07) is 0. The smallest absolute Gasteiger partial charge is 0.302 e. The highest BCUT2D eigenvalue weighted by atomic mass is 16.6. The van der Waals surface area contributed by atoms with Crippen molar-refractivity contribution in [2.24, 2.45) is 0 Å². The van der Waals surface area contributed by atoms with Crippen LogP contribution < -0.4 is 0 Å². The molecule has 0 atom stereocenters. The molecule has 0 aliphatic rings. The van der Waals surface area contributed by atoms with Gasteiger partial charge in [0.2, 0.25) is 0 Å². The summed E-state index contributed by atoms with van der Waals surface area (Å²) in [6.07, 6.45) is 0. The monoisotopic (exact) mass is 238 g/mol. The Labute approximate surface area is 96.1 Å². The first-order valence-corrected chi connectivity index (χ1v) is 5.19. The van der Waals surface area contributed by atoms with Gasteiger partial charge in [0.1, 0.15) is 6.61 Å². The Kier molecular flexibility index (Phi) is 18.5. The maximum absolute atomic E-state index is 10.1. The number of esters is 1.